The Morgan fingerprint density at radius 3 is 2.57 bits per heavy atom. The van der Waals surface area contributed by atoms with Gasteiger partial charge in [-0.15, -0.1) is 5.10 Å². The Balaban J connectivity index is 1.51. The molecule has 2 fully saturated rings. The minimum absolute atomic E-state index is 0.0166. The molecule has 1 amide bonds. The smallest absolute Gasteiger partial charge is 0.303 e. The van der Waals surface area contributed by atoms with Crippen LogP contribution in [-0.4, -0.2) is 32.0 Å². The molecule has 1 heterocycles. The van der Waals surface area contributed by atoms with Crippen LogP contribution in [-0.2, 0) is 9.59 Å². The summed E-state index contributed by atoms with van der Waals surface area (Å²) in [6, 6.07) is 5.84. The number of aromatic nitrogens is 3. The van der Waals surface area contributed by atoms with Crippen LogP contribution >= 0.6 is 11.6 Å². The lowest BCUT2D eigenvalue weighted by molar-refractivity contribution is -0.137. The number of benzene rings is 1. The predicted molar refractivity (Wildman–Crippen MR) is 137 cm³/mol. The van der Waals surface area contributed by atoms with Gasteiger partial charge in [-0.2, -0.15) is 0 Å². The average molecular weight is 501 g/mol. The van der Waals surface area contributed by atoms with E-state index in [0.29, 0.717) is 40.4 Å². The number of amides is 1. The number of hydrogen-bond acceptors (Lipinski definition) is 4. The molecule has 7 nitrogen and oxygen atoms in total. The molecule has 1 atom stereocenters. The SMILES string of the molecule is Cc1ccc(NC(=O)C[C@H](CCC(=O)O)c2nnn([C@H]3C[C@H](CC(C)(C)C)C3)c2C2CC2)c(Cl)c1. The molecule has 0 spiro atoms. The van der Waals surface area contributed by atoms with E-state index in [4.69, 9.17) is 11.6 Å². The summed E-state index contributed by atoms with van der Waals surface area (Å²) in [6.45, 7) is 8.79. The molecule has 2 aliphatic carbocycles. The van der Waals surface area contributed by atoms with Crippen molar-refractivity contribution < 1.29 is 14.7 Å². The predicted octanol–water partition coefficient (Wildman–Crippen LogP) is 6.48. The number of halogens is 1. The van der Waals surface area contributed by atoms with Gasteiger partial charge in [0.2, 0.25) is 5.91 Å². The van der Waals surface area contributed by atoms with E-state index in [-0.39, 0.29) is 24.7 Å². The monoisotopic (exact) mass is 500 g/mol. The van der Waals surface area contributed by atoms with E-state index in [2.05, 4.69) is 41.1 Å². The fourth-order valence-electron chi connectivity index (χ4n) is 5.34. The van der Waals surface area contributed by atoms with Gasteiger partial charge in [0.25, 0.3) is 0 Å². The quantitative estimate of drug-likeness (QED) is 0.389. The summed E-state index contributed by atoms with van der Waals surface area (Å²) in [4.78, 5) is 24.4. The minimum atomic E-state index is -0.874. The van der Waals surface area contributed by atoms with E-state index in [1.165, 1.54) is 6.42 Å². The van der Waals surface area contributed by atoms with Crippen molar-refractivity contribution in [2.75, 3.05) is 5.32 Å². The van der Waals surface area contributed by atoms with E-state index < -0.39 is 5.97 Å². The molecule has 0 saturated heterocycles. The van der Waals surface area contributed by atoms with Crippen LogP contribution in [0, 0.1) is 18.3 Å². The first-order valence-electron chi connectivity index (χ1n) is 12.7. The van der Waals surface area contributed by atoms with E-state index in [9.17, 15) is 14.7 Å². The summed E-state index contributed by atoms with van der Waals surface area (Å²) >= 11 is 6.30. The molecule has 8 heteroatoms. The van der Waals surface area contributed by atoms with E-state index in [0.717, 1.165) is 42.6 Å². The average Bonchev–Trinajstić information content (AvgIpc) is 3.47. The molecule has 1 aromatic carbocycles. The molecule has 2 N–H and O–H groups in total. The van der Waals surface area contributed by atoms with E-state index in [1.54, 1.807) is 12.1 Å². The van der Waals surface area contributed by atoms with Crippen LogP contribution in [0.4, 0.5) is 5.69 Å². The van der Waals surface area contributed by atoms with Crippen molar-refractivity contribution >= 4 is 29.2 Å². The fraction of sp³-hybridized carbons (Fsp3) is 0.630. The van der Waals surface area contributed by atoms with Gasteiger partial charge < -0.3 is 10.4 Å². The Hall–Kier alpha value is -2.41. The first-order chi connectivity index (χ1) is 16.5. The van der Waals surface area contributed by atoms with Gasteiger partial charge in [0.15, 0.2) is 0 Å². The largest absolute Gasteiger partial charge is 0.481 e. The fourth-order valence-corrected chi connectivity index (χ4v) is 5.62. The first-order valence-corrected chi connectivity index (χ1v) is 13.1. The maximum atomic E-state index is 13.0. The summed E-state index contributed by atoms with van der Waals surface area (Å²) in [6.07, 6.45) is 6.07. The second-order valence-corrected chi connectivity index (χ2v) is 12.1. The van der Waals surface area contributed by atoms with Gasteiger partial charge in [0, 0.05) is 24.7 Å². The van der Waals surface area contributed by atoms with Gasteiger partial charge in [-0.3, -0.25) is 9.59 Å². The number of carboxylic acids is 1. The number of aryl methyl sites for hydroxylation is 1. The molecule has 0 aliphatic heterocycles. The maximum Gasteiger partial charge on any atom is 0.303 e. The highest BCUT2D eigenvalue weighted by Gasteiger charge is 2.40. The summed E-state index contributed by atoms with van der Waals surface area (Å²) in [5.41, 5.74) is 3.82. The van der Waals surface area contributed by atoms with Crippen LogP contribution in [0.5, 0.6) is 0 Å². The van der Waals surface area contributed by atoms with Gasteiger partial charge in [0.05, 0.1) is 28.1 Å². The molecule has 1 aromatic heterocycles. The lowest BCUT2D eigenvalue weighted by Gasteiger charge is -2.39. The molecule has 2 aromatic rings. The minimum Gasteiger partial charge on any atom is -0.481 e. The van der Waals surface area contributed by atoms with Crippen LogP contribution in [0.15, 0.2) is 18.2 Å². The van der Waals surface area contributed by atoms with Gasteiger partial charge in [-0.05, 0) is 74.5 Å². The molecule has 0 bridgehead atoms. The Kier molecular flexibility index (Phi) is 7.55. The number of carbonyl (C=O) groups excluding carboxylic acids is 1. The van der Waals surface area contributed by atoms with Crippen molar-refractivity contribution in [3.63, 3.8) is 0 Å². The normalized spacial score (nSPS) is 20.8. The number of aliphatic carboxylic acids is 1. The van der Waals surface area contributed by atoms with Crippen molar-refractivity contribution in [1.82, 2.24) is 15.0 Å². The first kappa shape index (κ1) is 25.7. The van der Waals surface area contributed by atoms with Gasteiger partial charge in [-0.1, -0.05) is 43.7 Å². The van der Waals surface area contributed by atoms with Crippen LogP contribution in [0.25, 0.3) is 0 Å². The lowest BCUT2D eigenvalue weighted by Crippen LogP contribution is -2.31. The maximum absolute atomic E-state index is 13.0. The highest BCUT2D eigenvalue weighted by atomic mass is 35.5. The van der Waals surface area contributed by atoms with Crippen LogP contribution < -0.4 is 5.32 Å². The third-order valence-corrected chi connectivity index (χ3v) is 7.42. The summed E-state index contributed by atoms with van der Waals surface area (Å²) < 4.78 is 2.11. The van der Waals surface area contributed by atoms with Crippen molar-refractivity contribution in [2.24, 2.45) is 11.3 Å². The molecule has 2 saturated carbocycles. The Morgan fingerprint density at radius 2 is 1.97 bits per heavy atom. The molecule has 0 unspecified atom stereocenters. The number of nitrogens with one attached hydrogen (secondary N) is 1. The molecule has 0 radical (unpaired) electrons. The zero-order chi connectivity index (χ0) is 25.3. The number of carboxylic acid groups (broad SMARTS) is 1. The molecule has 4 rings (SSSR count). The molecule has 35 heavy (non-hydrogen) atoms. The number of hydrogen-bond donors (Lipinski definition) is 2. The number of nitrogens with zero attached hydrogens (tertiary/aromatic N) is 3. The van der Waals surface area contributed by atoms with E-state index >= 15 is 0 Å². The zero-order valence-electron chi connectivity index (χ0n) is 21.2. The molecule has 190 valence electrons. The topological polar surface area (TPSA) is 97.1 Å². The third kappa shape index (κ3) is 6.63. The van der Waals surface area contributed by atoms with Crippen LogP contribution in [0.2, 0.25) is 5.02 Å². The van der Waals surface area contributed by atoms with Gasteiger partial charge in [0.1, 0.15) is 0 Å². The molecular weight excluding hydrogens is 464 g/mol. The van der Waals surface area contributed by atoms with Crippen molar-refractivity contribution in [1.29, 1.82) is 0 Å². The van der Waals surface area contributed by atoms with Crippen LogP contribution in [0.3, 0.4) is 0 Å². The van der Waals surface area contributed by atoms with Crippen molar-refractivity contribution in [2.45, 2.75) is 96.9 Å². The Bertz CT molecular complexity index is 1080. The van der Waals surface area contributed by atoms with Gasteiger partial charge in [-0.25, -0.2) is 4.68 Å². The highest BCUT2D eigenvalue weighted by Crippen LogP contribution is 2.49. The van der Waals surface area contributed by atoms with Gasteiger partial charge >= 0.3 is 5.97 Å². The van der Waals surface area contributed by atoms with Crippen LogP contribution in [0.1, 0.15) is 107 Å². The molecule has 2 aliphatic rings. The summed E-state index contributed by atoms with van der Waals surface area (Å²) in [5, 5.41) is 21.8. The van der Waals surface area contributed by atoms with Crippen molar-refractivity contribution in [3.8, 4) is 0 Å². The van der Waals surface area contributed by atoms with Crippen molar-refractivity contribution in [3.05, 3.63) is 40.2 Å². The second-order valence-electron chi connectivity index (χ2n) is 11.7. The van der Waals surface area contributed by atoms with E-state index in [1.807, 2.05) is 13.0 Å². The summed E-state index contributed by atoms with van der Waals surface area (Å²) in [5.74, 6) is -0.265. The lowest BCUT2D eigenvalue weighted by atomic mass is 9.71. The Morgan fingerprint density at radius 1 is 1.26 bits per heavy atom. The number of anilines is 1. The second kappa shape index (κ2) is 10.3. The summed E-state index contributed by atoms with van der Waals surface area (Å²) in [7, 11) is 0. The number of carbonyl (C=O) groups is 2. The Labute approximate surface area is 212 Å². The third-order valence-electron chi connectivity index (χ3n) is 7.10. The molecular formula is C27H37ClN4O3. The standard InChI is InChI=1S/C27H37ClN4O3/c1-16-5-9-22(21(28)11-16)29-23(33)14-19(8-10-24(34)35)25-26(18-6-7-18)32(31-30-25)20-12-17(13-20)15-27(2,3)4/h5,9,11,17-20H,6-8,10,12-15H2,1-4H3,(H,29,33)(H,34,35)/t17-,19-,20-/m0/s1. The number of rotatable bonds is 10. The zero-order valence-corrected chi connectivity index (χ0v) is 21.9. The highest BCUT2D eigenvalue weighted by molar-refractivity contribution is 6.33.